The number of rotatable bonds is 0. The summed E-state index contributed by atoms with van der Waals surface area (Å²) in [6, 6.07) is 0. The predicted molar refractivity (Wildman–Crippen MR) is 126 cm³/mol. The highest BCUT2D eigenvalue weighted by molar-refractivity contribution is 4.97. The Morgan fingerprint density at radius 3 is 1.38 bits per heavy atom. The zero-order chi connectivity index (χ0) is 26.8. The van der Waals surface area contributed by atoms with Crippen LogP contribution >= 0.6 is 0 Å². The van der Waals surface area contributed by atoms with Gasteiger partial charge in [0, 0.05) is 12.3 Å². The summed E-state index contributed by atoms with van der Waals surface area (Å²) in [6.45, 7) is 15.4. The topological polar surface area (TPSA) is 0 Å². The van der Waals surface area contributed by atoms with E-state index in [-0.39, 0.29) is 30.6 Å². The molecule has 0 aromatic carbocycles. The molecule has 0 N–H and O–H groups in total. The molecular weight excluding hydrogens is 457 g/mol. The predicted octanol–water partition coefficient (Wildman–Crippen LogP) is 9.51. The minimum atomic E-state index is -3.14. The Bertz CT molecular complexity index is 542. The molecule has 34 heavy (non-hydrogen) atoms. The van der Waals surface area contributed by atoms with E-state index >= 15 is 0 Å². The van der Waals surface area contributed by atoms with Crippen LogP contribution in [-0.4, -0.2) is 35.8 Å². The molecule has 3 saturated carbocycles. The second-order valence-electron chi connectivity index (χ2n) is 12.3. The number of hydrogen-bond acceptors (Lipinski definition) is 0. The fourth-order valence-corrected chi connectivity index (χ4v) is 5.38. The minimum Gasteiger partial charge on any atom is -0.247 e. The zero-order valence-electron chi connectivity index (χ0n) is 22.5. The summed E-state index contributed by atoms with van der Waals surface area (Å²) in [6.07, 6.45) is -2.10. The molecule has 3 aliphatic rings. The second kappa shape index (κ2) is 11.7. The van der Waals surface area contributed by atoms with Crippen molar-refractivity contribution in [2.75, 3.05) is 0 Å². The van der Waals surface area contributed by atoms with Crippen LogP contribution in [0.1, 0.15) is 94.4 Å². The summed E-state index contributed by atoms with van der Waals surface area (Å²) in [5, 5.41) is 0. The van der Waals surface area contributed by atoms with Crippen molar-refractivity contribution in [3.63, 3.8) is 0 Å². The van der Waals surface area contributed by atoms with Gasteiger partial charge < -0.3 is 0 Å². The van der Waals surface area contributed by atoms with Gasteiger partial charge in [0.05, 0.1) is 0 Å². The van der Waals surface area contributed by atoms with Crippen molar-refractivity contribution < 1.29 is 30.7 Å². The smallest absolute Gasteiger partial charge is 0.247 e. The summed E-state index contributed by atoms with van der Waals surface area (Å²) < 4.78 is 92.1. The molecular formula is C27H47F7. The fraction of sp³-hybridized carbons (Fsp3) is 1.00. The van der Waals surface area contributed by atoms with Gasteiger partial charge in [-0.2, -0.15) is 0 Å². The van der Waals surface area contributed by atoms with Crippen LogP contribution in [-0.2, 0) is 0 Å². The molecule has 12 atom stereocenters. The summed E-state index contributed by atoms with van der Waals surface area (Å²) in [4.78, 5) is 0. The molecule has 0 nitrogen and oxygen atoms in total. The molecule has 7 heteroatoms. The van der Waals surface area contributed by atoms with Crippen molar-refractivity contribution in [3.8, 4) is 0 Å². The average molecular weight is 505 g/mol. The third-order valence-corrected chi connectivity index (χ3v) is 9.00. The van der Waals surface area contributed by atoms with E-state index in [0.29, 0.717) is 5.92 Å². The van der Waals surface area contributed by atoms with Crippen LogP contribution in [0.15, 0.2) is 0 Å². The third-order valence-electron chi connectivity index (χ3n) is 9.00. The van der Waals surface area contributed by atoms with Crippen LogP contribution in [0.5, 0.6) is 0 Å². The number of halogens is 7. The minimum absolute atomic E-state index is 0.0266. The molecule has 3 aliphatic carbocycles. The van der Waals surface area contributed by atoms with Crippen molar-refractivity contribution in [2.45, 2.75) is 130 Å². The molecule has 0 aliphatic heterocycles. The van der Waals surface area contributed by atoms with E-state index in [1.54, 1.807) is 27.7 Å². The normalized spacial score (nSPS) is 50.8. The molecule has 0 amide bonds. The van der Waals surface area contributed by atoms with E-state index < -0.39 is 47.6 Å². The summed E-state index contributed by atoms with van der Waals surface area (Å²) in [7, 11) is 0. The Hall–Kier alpha value is -0.490. The zero-order valence-corrected chi connectivity index (χ0v) is 22.5. The Morgan fingerprint density at radius 1 is 0.529 bits per heavy atom. The van der Waals surface area contributed by atoms with Gasteiger partial charge in [-0.1, -0.05) is 48.5 Å². The van der Waals surface area contributed by atoms with Gasteiger partial charge in [-0.15, -0.1) is 0 Å². The molecule has 204 valence electrons. The third kappa shape index (κ3) is 7.75. The lowest BCUT2D eigenvalue weighted by atomic mass is 9.72. The van der Waals surface area contributed by atoms with Crippen LogP contribution < -0.4 is 0 Å². The Kier molecular flexibility index (Phi) is 10.9. The molecule has 6 unspecified atom stereocenters. The SMILES string of the molecule is CC1C(F)C(F)[C@H](C)[C@H](C)C1F.C[C@@H]1CC(C)(F)C(F)(F)C[C@@H]1C.C[C@@H]1CCC(C)(F)C[C@@H]1C. The molecule has 3 fully saturated rings. The molecule has 0 aromatic heterocycles. The van der Waals surface area contributed by atoms with E-state index in [9.17, 15) is 30.7 Å². The van der Waals surface area contributed by atoms with Crippen molar-refractivity contribution in [1.29, 1.82) is 0 Å². The maximum Gasteiger partial charge on any atom is 0.281 e. The molecule has 0 bridgehead atoms. The summed E-state index contributed by atoms with van der Waals surface area (Å²) in [5.41, 5.74) is -3.18. The molecule has 0 radical (unpaired) electrons. The van der Waals surface area contributed by atoms with E-state index in [4.69, 9.17) is 0 Å². The maximum absolute atomic E-state index is 13.3. The van der Waals surface area contributed by atoms with Crippen molar-refractivity contribution in [1.82, 2.24) is 0 Å². The highest BCUT2D eigenvalue weighted by Crippen LogP contribution is 2.48. The first-order valence-electron chi connectivity index (χ1n) is 12.9. The van der Waals surface area contributed by atoms with E-state index in [1.165, 1.54) is 6.92 Å². The van der Waals surface area contributed by atoms with Crippen molar-refractivity contribution >= 4 is 0 Å². The molecule has 3 rings (SSSR count). The first kappa shape index (κ1) is 31.5. The molecule has 0 saturated heterocycles. The first-order valence-corrected chi connectivity index (χ1v) is 12.9. The van der Waals surface area contributed by atoms with Crippen LogP contribution in [0.25, 0.3) is 0 Å². The first-order chi connectivity index (χ1) is 15.2. The lowest BCUT2D eigenvalue weighted by molar-refractivity contribution is -0.175. The maximum atomic E-state index is 13.3. The van der Waals surface area contributed by atoms with Gasteiger partial charge in [0.15, 0.2) is 5.67 Å². The van der Waals surface area contributed by atoms with E-state index in [0.717, 1.165) is 32.1 Å². The van der Waals surface area contributed by atoms with Gasteiger partial charge >= 0.3 is 0 Å². The molecule has 0 spiro atoms. The Labute approximate surface area is 202 Å². The highest BCUT2D eigenvalue weighted by atomic mass is 19.3. The summed E-state index contributed by atoms with van der Waals surface area (Å²) >= 11 is 0. The lowest BCUT2D eigenvalue weighted by Crippen LogP contribution is -2.49. The monoisotopic (exact) mass is 504 g/mol. The van der Waals surface area contributed by atoms with Gasteiger partial charge in [-0.25, -0.2) is 30.7 Å². The van der Waals surface area contributed by atoms with Gasteiger partial charge in [-0.3, -0.25) is 0 Å². The quantitative estimate of drug-likeness (QED) is 0.288. The van der Waals surface area contributed by atoms with Gasteiger partial charge in [-0.05, 0) is 75.0 Å². The van der Waals surface area contributed by atoms with Crippen LogP contribution in [0.3, 0.4) is 0 Å². The van der Waals surface area contributed by atoms with E-state index in [1.807, 2.05) is 6.92 Å². The molecule has 0 heterocycles. The number of alkyl halides is 7. The van der Waals surface area contributed by atoms with Crippen molar-refractivity contribution in [3.05, 3.63) is 0 Å². The van der Waals surface area contributed by atoms with Crippen molar-refractivity contribution in [2.24, 2.45) is 41.4 Å². The average Bonchev–Trinajstić information content (AvgIpc) is 2.71. The van der Waals surface area contributed by atoms with E-state index in [2.05, 4.69) is 13.8 Å². The van der Waals surface area contributed by atoms with Gasteiger partial charge in [0.2, 0.25) is 0 Å². The van der Waals surface area contributed by atoms with Gasteiger partial charge in [0.25, 0.3) is 5.92 Å². The Balaban J connectivity index is 0.000000256. The lowest BCUT2D eigenvalue weighted by Gasteiger charge is -2.41. The Morgan fingerprint density at radius 2 is 0.941 bits per heavy atom. The van der Waals surface area contributed by atoms with Crippen LogP contribution in [0.4, 0.5) is 30.7 Å². The van der Waals surface area contributed by atoms with Crippen LogP contribution in [0, 0.1) is 41.4 Å². The standard InChI is InChI=1S/2C9H15F3.C9H17F/c1-6-4-8(3,10)9(11,12)5-7(6)2;1-4-5(2)8(11)9(12)6(3)7(4)10;1-7-4-5-9(3,10)6-8(7)2/h6-7H,4-5H2,1-3H3;4-9H,1-3H3;7-8H,4-6H2,1-3H3/t6-,7+,8?;4-,5+,6?,7?,8?,9?;7-,8+,9?/m101/s1. The largest absolute Gasteiger partial charge is 0.281 e. The van der Waals surface area contributed by atoms with Gasteiger partial charge in [0.1, 0.15) is 24.2 Å². The van der Waals surface area contributed by atoms with Crippen LogP contribution in [0.2, 0.25) is 0 Å². The fourth-order valence-electron chi connectivity index (χ4n) is 5.38. The second-order valence-corrected chi connectivity index (χ2v) is 12.3. The summed E-state index contributed by atoms with van der Waals surface area (Å²) in [5.74, 6) is -3.55. The number of hydrogen-bond donors (Lipinski definition) is 0. The molecule has 0 aromatic rings. The highest BCUT2D eigenvalue weighted by Gasteiger charge is 2.56.